The third kappa shape index (κ3) is 5.94. The van der Waals surface area contributed by atoms with Crippen molar-refractivity contribution in [1.82, 2.24) is 4.90 Å². The maximum absolute atomic E-state index is 16.5. The van der Waals surface area contributed by atoms with Gasteiger partial charge in [0.25, 0.3) is 11.8 Å². The Bertz CT molecular complexity index is 2110. The zero-order valence-electron chi connectivity index (χ0n) is 29.8. The summed E-state index contributed by atoms with van der Waals surface area (Å²) in [4.78, 5) is 46.9. The molecule has 1 saturated heterocycles. The lowest BCUT2D eigenvalue weighted by molar-refractivity contribution is -0.151. The molecule has 0 aromatic heterocycles. The number of ether oxygens (including phenoxy) is 2. The Hall–Kier alpha value is -4.55. The summed E-state index contributed by atoms with van der Waals surface area (Å²) < 4.78 is 29.0. The predicted molar refractivity (Wildman–Crippen MR) is 202 cm³/mol. The average Bonchev–Trinajstić information content (AvgIpc) is 3.56. The van der Waals surface area contributed by atoms with Gasteiger partial charge in [0.1, 0.15) is 5.75 Å². The molecule has 274 valence electrons. The first-order valence-corrected chi connectivity index (χ1v) is 21.3. The standard InChI is InChI=1S/C41H41ClFN3O6Si/c1-25-39(53(2,3)43)36(20-37(48)44-22-28-9-5-4-8-27(28)18-31(44)23-47)52-41(25)32-19-29(42)14-17-33(32)45(40(41)50)21-26-12-15-30(16-13-26)46-34-10-6-7-11-35(34)51-24-38(46)49/h4-17,19,25,31,36,39,47H,18,20-24H2,1-3H3/t25-,31-,36+,39-,41+/m0/s1. The van der Waals surface area contributed by atoms with Gasteiger partial charge in [0, 0.05) is 34.3 Å². The lowest BCUT2D eigenvalue weighted by Gasteiger charge is -2.37. The van der Waals surface area contributed by atoms with Crippen LogP contribution in [0.1, 0.15) is 35.6 Å². The molecule has 4 aliphatic heterocycles. The summed E-state index contributed by atoms with van der Waals surface area (Å²) in [6.07, 6.45) is -0.471. The highest BCUT2D eigenvalue weighted by Crippen LogP contribution is 2.60. The fraction of sp³-hybridized carbons (Fsp3) is 0.341. The van der Waals surface area contributed by atoms with E-state index < -0.39 is 37.6 Å². The number of benzene rings is 4. The third-order valence-electron chi connectivity index (χ3n) is 11.4. The minimum atomic E-state index is -3.55. The van der Waals surface area contributed by atoms with Crippen LogP contribution in [0.15, 0.2) is 91.0 Å². The summed E-state index contributed by atoms with van der Waals surface area (Å²) in [5, 5.41) is 10.7. The zero-order valence-corrected chi connectivity index (χ0v) is 31.6. The number of hydrogen-bond acceptors (Lipinski definition) is 6. The molecule has 4 aliphatic rings. The fourth-order valence-corrected chi connectivity index (χ4v) is 11.7. The van der Waals surface area contributed by atoms with Crippen LogP contribution in [0.25, 0.3) is 0 Å². The molecule has 4 heterocycles. The van der Waals surface area contributed by atoms with Crippen molar-refractivity contribution in [2.75, 3.05) is 23.0 Å². The van der Waals surface area contributed by atoms with E-state index in [1.807, 2.05) is 79.7 Å². The largest absolute Gasteiger partial charge is 0.482 e. The van der Waals surface area contributed by atoms with Crippen molar-refractivity contribution >= 4 is 54.8 Å². The highest BCUT2D eigenvalue weighted by Gasteiger charge is 2.67. The van der Waals surface area contributed by atoms with E-state index in [1.165, 1.54) is 0 Å². The Morgan fingerprint density at radius 3 is 2.43 bits per heavy atom. The molecule has 0 saturated carbocycles. The van der Waals surface area contributed by atoms with Crippen LogP contribution in [-0.4, -0.2) is 61.5 Å². The van der Waals surface area contributed by atoms with Crippen LogP contribution in [0.2, 0.25) is 23.7 Å². The van der Waals surface area contributed by atoms with Crippen molar-refractivity contribution in [3.8, 4) is 5.75 Å². The molecule has 4 aromatic carbocycles. The lowest BCUT2D eigenvalue weighted by Crippen LogP contribution is -2.48. The topological polar surface area (TPSA) is 99.6 Å². The predicted octanol–water partition coefficient (Wildman–Crippen LogP) is 7.05. The molecule has 1 spiro atoms. The number of nitrogens with zero attached hydrogens (tertiary/aromatic N) is 3. The van der Waals surface area contributed by atoms with Crippen molar-refractivity contribution in [2.45, 2.75) is 69.2 Å². The number of carbonyl (C=O) groups excluding carboxylic acids is 3. The zero-order chi connectivity index (χ0) is 37.2. The number of carbonyl (C=O) groups is 3. The van der Waals surface area contributed by atoms with E-state index >= 15 is 4.11 Å². The number of aliphatic hydroxyl groups is 1. The molecule has 0 unspecified atom stereocenters. The van der Waals surface area contributed by atoms with Gasteiger partial charge in [0.05, 0.1) is 43.1 Å². The van der Waals surface area contributed by atoms with Gasteiger partial charge in [0.15, 0.2) is 12.2 Å². The summed E-state index contributed by atoms with van der Waals surface area (Å²) >= 11 is 6.57. The Morgan fingerprint density at radius 1 is 0.981 bits per heavy atom. The normalized spacial score (nSPS) is 25.0. The summed E-state index contributed by atoms with van der Waals surface area (Å²) in [6.45, 7) is 5.33. The second-order valence-electron chi connectivity index (χ2n) is 15.0. The number of rotatable bonds is 7. The molecule has 4 aromatic rings. The molecule has 1 N–H and O–H groups in total. The van der Waals surface area contributed by atoms with E-state index in [0.717, 1.165) is 16.7 Å². The average molecular weight is 754 g/mol. The van der Waals surface area contributed by atoms with Crippen molar-refractivity contribution < 1.29 is 33.1 Å². The van der Waals surface area contributed by atoms with Crippen LogP contribution in [0, 0.1) is 5.92 Å². The molecule has 53 heavy (non-hydrogen) atoms. The molecular formula is C41H41ClFN3O6Si. The third-order valence-corrected chi connectivity index (χ3v) is 14.1. The summed E-state index contributed by atoms with van der Waals surface area (Å²) in [5.41, 5.74) is 3.19. The minimum absolute atomic E-state index is 0.0687. The number of aliphatic hydroxyl groups excluding tert-OH is 1. The van der Waals surface area contributed by atoms with Crippen molar-refractivity contribution in [3.63, 3.8) is 0 Å². The lowest BCUT2D eigenvalue weighted by atomic mass is 9.82. The monoisotopic (exact) mass is 753 g/mol. The molecule has 1 fully saturated rings. The van der Waals surface area contributed by atoms with Gasteiger partial charge in [-0.3, -0.25) is 19.3 Å². The maximum atomic E-state index is 16.5. The van der Waals surface area contributed by atoms with E-state index in [9.17, 15) is 19.5 Å². The van der Waals surface area contributed by atoms with Crippen LogP contribution in [0.5, 0.6) is 5.75 Å². The van der Waals surface area contributed by atoms with Crippen molar-refractivity contribution in [3.05, 3.63) is 118 Å². The van der Waals surface area contributed by atoms with E-state index in [0.29, 0.717) is 46.4 Å². The van der Waals surface area contributed by atoms with Crippen molar-refractivity contribution in [2.24, 2.45) is 5.92 Å². The van der Waals surface area contributed by atoms with E-state index in [-0.39, 0.29) is 43.9 Å². The molecule has 0 bridgehead atoms. The first-order chi connectivity index (χ1) is 25.4. The van der Waals surface area contributed by atoms with Crippen LogP contribution in [0.3, 0.4) is 0 Å². The number of amides is 3. The molecule has 12 heteroatoms. The first kappa shape index (κ1) is 35.5. The summed E-state index contributed by atoms with van der Waals surface area (Å²) in [7, 11) is -3.55. The minimum Gasteiger partial charge on any atom is -0.482 e. The Kier molecular flexibility index (Phi) is 8.96. The molecule has 5 atom stereocenters. The maximum Gasteiger partial charge on any atom is 0.269 e. The molecule has 0 aliphatic carbocycles. The van der Waals surface area contributed by atoms with Gasteiger partial charge in [-0.25, -0.2) is 0 Å². The second kappa shape index (κ2) is 13.4. The second-order valence-corrected chi connectivity index (χ2v) is 19.2. The molecule has 0 radical (unpaired) electrons. The summed E-state index contributed by atoms with van der Waals surface area (Å²) in [6, 6.07) is 27.5. The van der Waals surface area contributed by atoms with Crippen LogP contribution in [0.4, 0.5) is 21.2 Å². The molecule has 3 amide bonds. The Morgan fingerprint density at radius 2 is 1.70 bits per heavy atom. The number of anilines is 3. The van der Waals surface area contributed by atoms with Gasteiger partial charge < -0.3 is 28.5 Å². The van der Waals surface area contributed by atoms with Gasteiger partial charge in [-0.2, -0.15) is 0 Å². The highest BCUT2D eigenvalue weighted by atomic mass is 35.5. The highest BCUT2D eigenvalue weighted by molar-refractivity contribution is 6.72. The van der Waals surface area contributed by atoms with E-state index in [2.05, 4.69) is 0 Å². The van der Waals surface area contributed by atoms with Gasteiger partial charge in [-0.05, 0) is 78.7 Å². The number of para-hydroxylation sites is 2. The van der Waals surface area contributed by atoms with Crippen LogP contribution < -0.4 is 14.5 Å². The Balaban J connectivity index is 1.09. The fourth-order valence-electron chi connectivity index (χ4n) is 9.03. The van der Waals surface area contributed by atoms with Crippen LogP contribution in [-0.2, 0) is 44.2 Å². The SMILES string of the molecule is C[C@H]1[C@H]([Si](C)(C)F)[C@@H](CC(=O)N2Cc3ccccc3C[C@H]2CO)O[C@]12C(=O)N(Cc1ccc(N3C(=O)COc4ccccc43)cc1)c1ccc(Cl)cc12. The van der Waals surface area contributed by atoms with Gasteiger partial charge >= 0.3 is 0 Å². The van der Waals surface area contributed by atoms with E-state index in [4.69, 9.17) is 21.1 Å². The number of halogens is 2. The molecule has 9 nitrogen and oxygen atoms in total. The quantitative estimate of drug-likeness (QED) is 0.160. The number of hydrogen-bond donors (Lipinski definition) is 1. The van der Waals surface area contributed by atoms with E-state index in [1.54, 1.807) is 46.0 Å². The van der Waals surface area contributed by atoms with Crippen LogP contribution >= 0.6 is 11.6 Å². The summed E-state index contributed by atoms with van der Waals surface area (Å²) in [5.74, 6) is -0.747. The smallest absolute Gasteiger partial charge is 0.269 e. The first-order valence-electron chi connectivity index (χ1n) is 18.0. The number of fused-ring (bicyclic) bond motifs is 4. The Labute approximate surface area is 314 Å². The van der Waals surface area contributed by atoms with Gasteiger partial charge in [0.2, 0.25) is 14.3 Å². The molecular weight excluding hydrogens is 713 g/mol. The van der Waals surface area contributed by atoms with Crippen molar-refractivity contribution in [1.29, 1.82) is 0 Å². The van der Waals surface area contributed by atoms with Gasteiger partial charge in [-0.15, -0.1) is 0 Å². The molecule has 8 rings (SSSR count). The van der Waals surface area contributed by atoms with Gasteiger partial charge in [-0.1, -0.05) is 67.1 Å².